The molecule has 6 aromatic rings. The molecule has 0 bridgehead atoms. The van der Waals surface area contributed by atoms with Crippen LogP contribution in [-0.4, -0.2) is 18.6 Å². The van der Waals surface area contributed by atoms with Gasteiger partial charge >= 0.3 is 15.2 Å². The number of fused-ring (bicyclic) bond motifs is 1. The number of nitrogens with one attached hydrogen (secondary N) is 1. The molecule has 0 amide bonds. The Morgan fingerprint density at radius 1 is 0.702 bits per heavy atom. The number of benzene rings is 6. The molecule has 0 saturated carbocycles. The van der Waals surface area contributed by atoms with Crippen molar-refractivity contribution in [3.05, 3.63) is 177 Å². The highest BCUT2D eigenvalue weighted by Crippen LogP contribution is 2.44. The van der Waals surface area contributed by atoms with E-state index in [1.807, 2.05) is 83.1 Å². The van der Waals surface area contributed by atoms with Crippen LogP contribution in [-0.2, 0) is 10.1 Å². The minimum Gasteiger partial charge on any atom is -0.508 e. The molecule has 14 heteroatoms. The van der Waals surface area contributed by atoms with Gasteiger partial charge in [-0.25, -0.2) is 0 Å². The van der Waals surface area contributed by atoms with Gasteiger partial charge in [-0.2, -0.15) is 13.9 Å². The van der Waals surface area contributed by atoms with E-state index in [4.69, 9.17) is 9.71 Å². The van der Waals surface area contributed by atoms with Crippen molar-refractivity contribution in [3.63, 3.8) is 0 Å². The third-order valence-electron chi connectivity index (χ3n) is 10.4. The second-order valence-electron chi connectivity index (χ2n) is 14.2. The molecule has 0 fully saturated rings. The Bertz CT molecular complexity index is 2950. The Morgan fingerprint density at radius 2 is 1.26 bits per heavy atom. The van der Waals surface area contributed by atoms with Crippen LogP contribution in [0.5, 0.6) is 17.2 Å². The van der Waals surface area contributed by atoms with E-state index in [2.05, 4.69) is 20.5 Å². The first-order valence-corrected chi connectivity index (χ1v) is 19.3. The van der Waals surface area contributed by atoms with Crippen LogP contribution in [0.2, 0.25) is 0 Å². The zero-order chi connectivity index (χ0) is 41.3. The highest BCUT2D eigenvalue weighted by Gasteiger charge is 2.30. The van der Waals surface area contributed by atoms with Gasteiger partial charge in [-0.3, -0.25) is 9.59 Å². The van der Waals surface area contributed by atoms with Gasteiger partial charge in [-0.05, 0) is 128 Å². The van der Waals surface area contributed by atoms with Gasteiger partial charge in [0.15, 0.2) is 15.8 Å². The molecule has 0 spiro atoms. The monoisotopic (exact) mass is 783 g/mol. The number of nitrogens with zero attached hydrogens (tertiary/aromatic N) is 5. The Kier molecular flexibility index (Phi) is 11.0. The van der Waals surface area contributed by atoms with Crippen molar-refractivity contribution in [1.29, 1.82) is 10.9 Å². The number of phenolic OH excluding ortho intramolecular Hbond substituents is 2. The van der Waals surface area contributed by atoms with Crippen LogP contribution in [0.15, 0.2) is 115 Å². The van der Waals surface area contributed by atoms with Crippen LogP contribution in [0, 0.1) is 52.5 Å². The number of aromatic hydroxyl groups is 2. The van der Waals surface area contributed by atoms with Gasteiger partial charge in [0, 0.05) is 22.6 Å². The minimum atomic E-state index is -4.77. The second kappa shape index (κ2) is 15.7. The van der Waals surface area contributed by atoms with E-state index in [0.29, 0.717) is 12.0 Å². The SMILES string of the molecule is Cc1cc(C(CC(c2ccccc2)c2cc(C)c(OS(=O)(=O)c3cccc4c(=O)c(=O)c(=NN=N)c(=N[N+]#N)c34)cc2C)c2cc(C)c(O)cc2C)c(C)cc1O. The summed E-state index contributed by atoms with van der Waals surface area (Å²) < 4.78 is 34.0. The van der Waals surface area contributed by atoms with Crippen LogP contribution < -0.4 is 25.8 Å². The zero-order valence-corrected chi connectivity index (χ0v) is 32.8. The molecule has 0 aliphatic rings. The number of diazo groups is 1. The largest absolute Gasteiger partial charge is 0.508 e. The molecule has 6 aromatic carbocycles. The quantitative estimate of drug-likeness (QED) is 0.0420. The zero-order valence-electron chi connectivity index (χ0n) is 32.0. The van der Waals surface area contributed by atoms with Crippen molar-refractivity contribution in [2.45, 2.75) is 64.7 Å². The molecule has 0 aromatic heterocycles. The van der Waals surface area contributed by atoms with E-state index in [1.165, 1.54) is 12.1 Å². The standard InChI is InChI=1S/C43H38N6O7S/c1-22-18-35(50)25(4)15-31(22)34(32-16-26(5)36(51)19-23(32)2)21-33(28-11-8-7-9-12-28)30-17-27(6)37(20-24(30)3)56-57(54,55)38-14-10-13-29-39(38)40(46-48-44)41(47-49-45)43(53)42(29)52/h7-20,33-34,45H,21H2,1-6H3,(H-,50,51)/p+1. The van der Waals surface area contributed by atoms with Crippen molar-refractivity contribution in [1.82, 2.24) is 0 Å². The molecule has 13 nitrogen and oxygen atoms in total. The summed E-state index contributed by atoms with van der Waals surface area (Å²) in [5.74, 6) is -0.0175. The summed E-state index contributed by atoms with van der Waals surface area (Å²) in [6.07, 6.45) is 0.564. The van der Waals surface area contributed by atoms with Crippen molar-refractivity contribution in [3.8, 4) is 17.2 Å². The highest BCUT2D eigenvalue weighted by atomic mass is 32.2. The molecule has 1 atom stereocenters. The highest BCUT2D eigenvalue weighted by molar-refractivity contribution is 7.87. The van der Waals surface area contributed by atoms with E-state index in [0.717, 1.165) is 56.1 Å². The molecular formula is C43H39N6O7S+. The van der Waals surface area contributed by atoms with E-state index < -0.39 is 36.6 Å². The van der Waals surface area contributed by atoms with E-state index >= 15 is 0 Å². The fraction of sp³-hybridized carbons (Fsp3) is 0.209. The van der Waals surface area contributed by atoms with Gasteiger partial charge in [-0.15, -0.1) is 5.10 Å². The summed E-state index contributed by atoms with van der Waals surface area (Å²) >= 11 is 0. The third kappa shape index (κ3) is 7.57. The Balaban J connectivity index is 1.51. The number of rotatable bonds is 10. The molecule has 0 aliphatic heterocycles. The van der Waals surface area contributed by atoms with Crippen LogP contribution in [0.1, 0.15) is 73.9 Å². The third-order valence-corrected chi connectivity index (χ3v) is 11.7. The van der Waals surface area contributed by atoms with Crippen LogP contribution >= 0.6 is 0 Å². The molecule has 0 radical (unpaired) electrons. The maximum Gasteiger partial charge on any atom is 0.339 e. The van der Waals surface area contributed by atoms with Crippen LogP contribution in [0.4, 0.5) is 0 Å². The maximum absolute atomic E-state index is 14.1. The summed E-state index contributed by atoms with van der Waals surface area (Å²) in [6.45, 7) is 11.2. The molecule has 1 unspecified atom stereocenters. The molecule has 288 valence electrons. The summed E-state index contributed by atoms with van der Waals surface area (Å²) in [4.78, 5) is 25.3. The fourth-order valence-corrected chi connectivity index (χ4v) is 8.74. The van der Waals surface area contributed by atoms with Crippen molar-refractivity contribution in [2.24, 2.45) is 15.4 Å². The lowest BCUT2D eigenvalue weighted by molar-refractivity contribution is 0.469. The molecule has 0 aliphatic carbocycles. The first-order valence-electron chi connectivity index (χ1n) is 17.9. The molecule has 3 N–H and O–H groups in total. The second-order valence-corrected chi connectivity index (χ2v) is 15.7. The normalized spacial score (nSPS) is 12.9. The van der Waals surface area contributed by atoms with Gasteiger partial charge in [-0.1, -0.05) is 65.9 Å². The Morgan fingerprint density at radius 3 is 1.84 bits per heavy atom. The van der Waals surface area contributed by atoms with Gasteiger partial charge in [0.05, 0.1) is 0 Å². The first kappa shape index (κ1) is 39.8. The Labute approximate surface area is 327 Å². The summed E-state index contributed by atoms with van der Waals surface area (Å²) in [7, 11) is -4.77. The molecule has 57 heavy (non-hydrogen) atoms. The predicted octanol–water partition coefficient (Wildman–Crippen LogP) is 7.33. The predicted molar refractivity (Wildman–Crippen MR) is 214 cm³/mol. The van der Waals surface area contributed by atoms with Gasteiger partial charge in [0.25, 0.3) is 10.8 Å². The minimum absolute atomic E-state index is 0.00539. The number of aryl methyl sites for hydroxylation is 6. The maximum atomic E-state index is 14.1. The van der Waals surface area contributed by atoms with E-state index in [1.54, 1.807) is 25.1 Å². The summed E-state index contributed by atoms with van der Waals surface area (Å²) in [5.41, 5.74) is 13.2. The molecule has 0 saturated heterocycles. The molecule has 6 rings (SSSR count). The van der Waals surface area contributed by atoms with Crippen molar-refractivity contribution < 1.29 is 22.8 Å². The molecular weight excluding hydrogens is 745 g/mol. The lowest BCUT2D eigenvalue weighted by Gasteiger charge is -2.30. The average molecular weight is 784 g/mol. The van der Waals surface area contributed by atoms with Gasteiger partial charge in [0.2, 0.25) is 5.43 Å². The van der Waals surface area contributed by atoms with Crippen LogP contribution in [0.3, 0.4) is 0 Å². The van der Waals surface area contributed by atoms with Crippen molar-refractivity contribution in [2.75, 3.05) is 0 Å². The van der Waals surface area contributed by atoms with E-state index in [-0.39, 0.29) is 39.9 Å². The lowest BCUT2D eigenvalue weighted by atomic mass is 9.74. The number of hydrogen-bond acceptors (Lipinski definition) is 11. The average Bonchev–Trinajstić information content (AvgIpc) is 3.17. The number of phenols is 2. The van der Waals surface area contributed by atoms with Gasteiger partial charge in [0.1, 0.15) is 22.1 Å². The Hall–Kier alpha value is -6.85. The van der Waals surface area contributed by atoms with E-state index in [9.17, 15) is 33.6 Å². The van der Waals surface area contributed by atoms with Crippen LogP contribution in [0.25, 0.3) is 15.9 Å². The lowest BCUT2D eigenvalue weighted by Crippen LogP contribution is -2.48. The summed E-state index contributed by atoms with van der Waals surface area (Å²) in [6, 6.07) is 24.7. The number of hydrogen-bond donors (Lipinski definition) is 3. The molecule has 0 heterocycles. The smallest absolute Gasteiger partial charge is 0.339 e. The fourth-order valence-electron chi connectivity index (χ4n) is 7.54. The first-order chi connectivity index (χ1) is 27.1. The van der Waals surface area contributed by atoms with Gasteiger partial charge < -0.3 is 14.4 Å². The summed E-state index contributed by atoms with van der Waals surface area (Å²) in [5, 5.41) is 40.8. The topological polar surface area (TPSA) is 207 Å². The van der Waals surface area contributed by atoms with Crippen molar-refractivity contribution >= 4 is 20.9 Å².